The van der Waals surface area contributed by atoms with E-state index in [1.54, 1.807) is 29.1 Å². The largest absolute Gasteiger partial charge is 0.334 e. The summed E-state index contributed by atoms with van der Waals surface area (Å²) < 4.78 is 29.5. The first kappa shape index (κ1) is 12.5. The van der Waals surface area contributed by atoms with Gasteiger partial charge >= 0.3 is 0 Å². The molecule has 0 amide bonds. The van der Waals surface area contributed by atoms with Gasteiger partial charge in [-0.3, -0.25) is 4.79 Å². The van der Waals surface area contributed by atoms with Crippen molar-refractivity contribution in [1.82, 2.24) is 9.55 Å². The van der Waals surface area contributed by atoms with E-state index in [1.807, 2.05) is 7.05 Å². The maximum Gasteiger partial charge on any atom is 0.169 e. The average molecular weight is 272 g/mol. The van der Waals surface area contributed by atoms with Gasteiger partial charge in [0.2, 0.25) is 0 Å². The Balaban J connectivity index is 2.22. The molecule has 0 aliphatic carbocycles. The van der Waals surface area contributed by atoms with Crippen LogP contribution in [0.3, 0.4) is 0 Å². The van der Waals surface area contributed by atoms with E-state index >= 15 is 0 Å². The lowest BCUT2D eigenvalue weighted by Gasteiger charge is -2.06. The second-order valence-corrected chi connectivity index (χ2v) is 4.51. The van der Waals surface area contributed by atoms with Crippen LogP contribution in [0.5, 0.6) is 0 Å². The molecule has 3 nitrogen and oxygen atoms in total. The van der Waals surface area contributed by atoms with Gasteiger partial charge in [-0.2, -0.15) is 0 Å². The van der Waals surface area contributed by atoms with Crippen molar-refractivity contribution in [1.29, 1.82) is 0 Å². The molecule has 0 radical (unpaired) electrons. The lowest BCUT2D eigenvalue weighted by atomic mass is 10.0. The molecule has 0 aliphatic rings. The fraction of sp³-hybridized carbons (Fsp3) is 0.0667. The molecule has 0 saturated heterocycles. The maximum absolute atomic E-state index is 14.0. The van der Waals surface area contributed by atoms with Crippen molar-refractivity contribution in [3.05, 3.63) is 53.9 Å². The van der Waals surface area contributed by atoms with Crippen molar-refractivity contribution in [2.24, 2.45) is 7.05 Å². The van der Waals surface area contributed by atoms with E-state index < -0.39 is 11.6 Å². The second-order valence-electron chi connectivity index (χ2n) is 4.51. The third-order valence-electron chi connectivity index (χ3n) is 3.28. The summed E-state index contributed by atoms with van der Waals surface area (Å²) in [6, 6.07) is 7.83. The minimum atomic E-state index is -1.12. The Morgan fingerprint density at radius 3 is 2.70 bits per heavy atom. The number of rotatable bonds is 2. The number of aromatic nitrogens is 2. The van der Waals surface area contributed by atoms with Gasteiger partial charge in [0.1, 0.15) is 0 Å². The fourth-order valence-corrected chi connectivity index (χ4v) is 2.17. The first-order chi connectivity index (χ1) is 9.61. The molecule has 20 heavy (non-hydrogen) atoms. The van der Waals surface area contributed by atoms with Crippen molar-refractivity contribution in [3.63, 3.8) is 0 Å². The quantitative estimate of drug-likeness (QED) is 0.671. The molecule has 0 N–H and O–H groups in total. The van der Waals surface area contributed by atoms with Gasteiger partial charge in [-0.15, -0.1) is 0 Å². The van der Waals surface area contributed by atoms with E-state index in [2.05, 4.69) is 4.98 Å². The standard InChI is InChI=1S/C15H10F2N2O/c1-19-8-18-12-5-3-9(6-13(12)19)11-4-2-10(7-20)14(16)15(11)17/h2-8H,1H3. The normalized spacial score (nSPS) is 10.9. The molecule has 0 bridgehead atoms. The SMILES string of the molecule is Cn1cnc2ccc(-c3ccc(C=O)c(F)c3F)cc21. The monoisotopic (exact) mass is 272 g/mol. The summed E-state index contributed by atoms with van der Waals surface area (Å²) in [5.41, 5.74) is 1.97. The van der Waals surface area contributed by atoms with Crippen LogP contribution in [0.25, 0.3) is 22.2 Å². The first-order valence-electron chi connectivity index (χ1n) is 5.96. The molecule has 0 saturated carbocycles. The minimum Gasteiger partial charge on any atom is -0.334 e. The van der Waals surface area contributed by atoms with Gasteiger partial charge in [-0.05, 0) is 23.8 Å². The molecular weight excluding hydrogens is 262 g/mol. The number of carbonyl (C=O) groups is 1. The van der Waals surface area contributed by atoms with Crippen LogP contribution in [0.15, 0.2) is 36.7 Å². The highest BCUT2D eigenvalue weighted by Gasteiger charge is 2.15. The van der Waals surface area contributed by atoms with Crippen molar-refractivity contribution in [2.75, 3.05) is 0 Å². The lowest BCUT2D eigenvalue weighted by Crippen LogP contribution is -1.96. The zero-order valence-electron chi connectivity index (χ0n) is 10.6. The summed E-state index contributed by atoms with van der Waals surface area (Å²) in [5.74, 6) is -2.14. The van der Waals surface area contributed by atoms with Crippen LogP contribution in [0.4, 0.5) is 8.78 Å². The van der Waals surface area contributed by atoms with Crippen LogP contribution in [-0.4, -0.2) is 15.8 Å². The van der Waals surface area contributed by atoms with Gasteiger partial charge in [0, 0.05) is 12.6 Å². The second kappa shape index (κ2) is 4.52. The Kier molecular flexibility index (Phi) is 2.82. The molecule has 100 valence electrons. The highest BCUT2D eigenvalue weighted by atomic mass is 19.2. The van der Waals surface area contributed by atoms with Gasteiger partial charge in [0.05, 0.1) is 22.9 Å². The average Bonchev–Trinajstić information content (AvgIpc) is 2.83. The third kappa shape index (κ3) is 1.79. The predicted molar refractivity (Wildman–Crippen MR) is 71.5 cm³/mol. The number of carbonyl (C=O) groups excluding carboxylic acids is 1. The van der Waals surface area contributed by atoms with Gasteiger partial charge in [-0.1, -0.05) is 12.1 Å². The van der Waals surface area contributed by atoms with E-state index in [4.69, 9.17) is 0 Å². The Morgan fingerprint density at radius 1 is 1.15 bits per heavy atom. The molecule has 2 aromatic carbocycles. The number of aryl methyl sites for hydroxylation is 1. The number of imidazole rings is 1. The zero-order chi connectivity index (χ0) is 14.3. The number of hydrogen-bond donors (Lipinski definition) is 0. The van der Waals surface area contributed by atoms with Crippen LogP contribution in [-0.2, 0) is 7.05 Å². The number of hydrogen-bond acceptors (Lipinski definition) is 2. The smallest absolute Gasteiger partial charge is 0.169 e. The first-order valence-corrected chi connectivity index (χ1v) is 5.96. The fourth-order valence-electron chi connectivity index (χ4n) is 2.17. The Hall–Kier alpha value is -2.56. The van der Waals surface area contributed by atoms with Crippen LogP contribution in [0.1, 0.15) is 10.4 Å². The zero-order valence-corrected chi connectivity index (χ0v) is 10.6. The van der Waals surface area contributed by atoms with Crippen LogP contribution >= 0.6 is 0 Å². The third-order valence-corrected chi connectivity index (χ3v) is 3.28. The summed E-state index contributed by atoms with van der Waals surface area (Å²) in [5, 5.41) is 0. The lowest BCUT2D eigenvalue weighted by molar-refractivity contribution is 0.111. The highest BCUT2D eigenvalue weighted by molar-refractivity contribution is 5.83. The Labute approximate surface area is 113 Å². The van der Waals surface area contributed by atoms with E-state index in [1.165, 1.54) is 12.1 Å². The Bertz CT molecular complexity index is 824. The van der Waals surface area contributed by atoms with E-state index in [9.17, 15) is 13.6 Å². The van der Waals surface area contributed by atoms with Crippen molar-refractivity contribution in [2.45, 2.75) is 0 Å². The molecule has 3 rings (SSSR count). The van der Waals surface area contributed by atoms with Crippen LogP contribution in [0.2, 0.25) is 0 Å². The topological polar surface area (TPSA) is 34.9 Å². The van der Waals surface area contributed by atoms with Gasteiger partial charge in [0.15, 0.2) is 17.9 Å². The molecule has 0 spiro atoms. The molecule has 0 unspecified atom stereocenters. The molecule has 5 heteroatoms. The maximum atomic E-state index is 14.0. The minimum absolute atomic E-state index is 0.121. The summed E-state index contributed by atoms with van der Waals surface area (Å²) >= 11 is 0. The molecule has 0 fully saturated rings. The van der Waals surface area contributed by atoms with Gasteiger partial charge in [-0.25, -0.2) is 13.8 Å². The van der Waals surface area contributed by atoms with Gasteiger partial charge < -0.3 is 4.57 Å². The summed E-state index contributed by atoms with van der Waals surface area (Å²) in [6.45, 7) is 0. The summed E-state index contributed by atoms with van der Waals surface area (Å²) in [4.78, 5) is 14.8. The number of nitrogens with zero attached hydrogens (tertiary/aromatic N) is 2. The van der Waals surface area contributed by atoms with Crippen molar-refractivity contribution < 1.29 is 13.6 Å². The van der Waals surface area contributed by atoms with Crippen LogP contribution in [0, 0.1) is 11.6 Å². The number of fused-ring (bicyclic) bond motifs is 1. The van der Waals surface area contributed by atoms with E-state index in [-0.39, 0.29) is 11.1 Å². The number of aldehydes is 1. The van der Waals surface area contributed by atoms with E-state index in [0.29, 0.717) is 11.8 Å². The summed E-state index contributed by atoms with van der Waals surface area (Å²) in [6.07, 6.45) is 1.95. The number of halogens is 2. The number of benzene rings is 2. The van der Waals surface area contributed by atoms with Crippen molar-refractivity contribution >= 4 is 17.3 Å². The highest BCUT2D eigenvalue weighted by Crippen LogP contribution is 2.28. The van der Waals surface area contributed by atoms with E-state index in [0.717, 1.165) is 11.0 Å². The molecular formula is C15H10F2N2O. The molecule has 1 aromatic heterocycles. The molecule has 0 aliphatic heterocycles. The molecule has 0 atom stereocenters. The predicted octanol–water partition coefficient (Wildman–Crippen LogP) is 3.33. The Morgan fingerprint density at radius 2 is 1.95 bits per heavy atom. The summed E-state index contributed by atoms with van der Waals surface area (Å²) in [7, 11) is 1.82. The van der Waals surface area contributed by atoms with Gasteiger partial charge in [0.25, 0.3) is 0 Å². The molecule has 3 aromatic rings. The van der Waals surface area contributed by atoms with Crippen LogP contribution < -0.4 is 0 Å². The van der Waals surface area contributed by atoms with Crippen molar-refractivity contribution in [3.8, 4) is 11.1 Å². The molecule has 1 heterocycles.